The Morgan fingerprint density at radius 2 is 2.25 bits per heavy atom. The number of nitrogens with one attached hydrogen (secondary N) is 1. The molecule has 0 aliphatic rings. The van der Waals surface area contributed by atoms with E-state index in [1.54, 1.807) is 6.07 Å². The molecule has 4 nitrogen and oxygen atoms in total. The first-order valence-corrected chi connectivity index (χ1v) is 4.55. The van der Waals surface area contributed by atoms with Gasteiger partial charge in [0, 0.05) is 0 Å². The van der Waals surface area contributed by atoms with Gasteiger partial charge in [0.15, 0.2) is 0 Å². The van der Waals surface area contributed by atoms with Crippen molar-refractivity contribution in [3.63, 3.8) is 0 Å². The van der Waals surface area contributed by atoms with Crippen LogP contribution in [0.3, 0.4) is 0 Å². The van der Waals surface area contributed by atoms with Crippen LogP contribution in [0.15, 0.2) is 18.2 Å². The van der Waals surface area contributed by atoms with Gasteiger partial charge in [0.25, 0.3) is 6.43 Å². The molecule has 0 unspecified atom stereocenters. The topological polar surface area (TPSA) is 64.3 Å². The molecular weight excluding hydrogens is 218 g/mol. The van der Waals surface area contributed by atoms with Crippen LogP contribution in [0.5, 0.6) is 0 Å². The first-order chi connectivity index (χ1) is 7.56. The molecule has 0 saturated heterocycles. The van der Waals surface area contributed by atoms with Crippen molar-refractivity contribution in [2.24, 2.45) is 0 Å². The minimum atomic E-state index is -2.52. The van der Waals surface area contributed by atoms with E-state index in [0.717, 1.165) is 0 Å². The van der Waals surface area contributed by atoms with Crippen LogP contribution >= 0.6 is 0 Å². The van der Waals surface area contributed by atoms with Crippen molar-refractivity contribution < 1.29 is 18.3 Å². The highest BCUT2D eigenvalue weighted by Gasteiger charge is 2.14. The molecule has 1 aromatic rings. The zero-order valence-corrected chi connectivity index (χ0v) is 8.67. The second-order valence-electron chi connectivity index (χ2n) is 3.03. The van der Waals surface area contributed by atoms with Gasteiger partial charge in [0.2, 0.25) is 0 Å². The molecule has 0 spiro atoms. The largest absolute Gasteiger partial charge is 0.465 e. The van der Waals surface area contributed by atoms with Crippen molar-refractivity contribution >= 4 is 17.3 Å². The lowest BCUT2D eigenvalue weighted by Gasteiger charge is -2.12. The number of para-hydroxylation sites is 1. The summed E-state index contributed by atoms with van der Waals surface area (Å²) in [4.78, 5) is 11.3. The lowest BCUT2D eigenvalue weighted by Crippen LogP contribution is -2.15. The number of nitrogens with two attached hydrogens (primary N) is 1. The quantitative estimate of drug-likeness (QED) is 0.610. The SMILES string of the molecule is COC(=O)c1cccc(N)c1NCC(F)F. The highest BCUT2D eigenvalue weighted by atomic mass is 19.3. The van der Waals surface area contributed by atoms with Gasteiger partial charge in [0.05, 0.1) is 30.6 Å². The summed E-state index contributed by atoms with van der Waals surface area (Å²) >= 11 is 0. The molecule has 0 amide bonds. The molecule has 0 bridgehead atoms. The maximum Gasteiger partial charge on any atom is 0.340 e. The van der Waals surface area contributed by atoms with Crippen LogP contribution < -0.4 is 11.1 Å². The molecule has 0 aliphatic carbocycles. The van der Waals surface area contributed by atoms with Crippen molar-refractivity contribution in [1.29, 1.82) is 0 Å². The van der Waals surface area contributed by atoms with E-state index in [0.29, 0.717) is 0 Å². The number of hydrogen-bond donors (Lipinski definition) is 2. The fraction of sp³-hybridized carbons (Fsp3) is 0.300. The van der Waals surface area contributed by atoms with Crippen molar-refractivity contribution in [3.05, 3.63) is 23.8 Å². The Kier molecular flexibility index (Phi) is 4.04. The standard InChI is InChI=1S/C10H12F2N2O2/c1-16-10(15)6-3-2-4-7(13)9(6)14-5-8(11)12/h2-4,8,14H,5,13H2,1H3. The van der Waals surface area contributed by atoms with E-state index in [9.17, 15) is 13.6 Å². The van der Waals surface area contributed by atoms with Gasteiger partial charge in [-0.25, -0.2) is 13.6 Å². The summed E-state index contributed by atoms with van der Waals surface area (Å²) in [5.41, 5.74) is 6.13. The molecule has 16 heavy (non-hydrogen) atoms. The van der Waals surface area contributed by atoms with Gasteiger partial charge in [-0.2, -0.15) is 0 Å². The summed E-state index contributed by atoms with van der Waals surface area (Å²) in [5.74, 6) is -0.621. The number of esters is 1. The fourth-order valence-electron chi connectivity index (χ4n) is 1.23. The minimum absolute atomic E-state index is 0.142. The molecule has 3 N–H and O–H groups in total. The number of hydrogen-bond acceptors (Lipinski definition) is 4. The predicted octanol–water partition coefficient (Wildman–Crippen LogP) is 1.73. The van der Waals surface area contributed by atoms with Crippen LogP contribution in [-0.2, 0) is 4.74 Å². The van der Waals surface area contributed by atoms with Crippen LogP contribution in [0, 0.1) is 0 Å². The molecule has 0 atom stereocenters. The third-order valence-electron chi connectivity index (χ3n) is 1.94. The number of nitrogen functional groups attached to an aromatic ring is 1. The van der Waals surface area contributed by atoms with E-state index >= 15 is 0 Å². The highest BCUT2D eigenvalue weighted by Crippen LogP contribution is 2.24. The summed E-state index contributed by atoms with van der Waals surface area (Å²) < 4.78 is 28.6. The number of anilines is 2. The molecule has 0 saturated carbocycles. The van der Waals surface area contributed by atoms with Crippen LogP contribution in [0.2, 0.25) is 0 Å². The van der Waals surface area contributed by atoms with Gasteiger partial charge in [-0.3, -0.25) is 0 Å². The molecule has 1 aromatic carbocycles. The summed E-state index contributed by atoms with van der Waals surface area (Å²) in [6.07, 6.45) is -2.52. The van der Waals surface area contributed by atoms with Gasteiger partial charge >= 0.3 is 5.97 Å². The van der Waals surface area contributed by atoms with E-state index in [1.807, 2.05) is 0 Å². The van der Waals surface area contributed by atoms with Crippen LogP contribution in [-0.4, -0.2) is 26.0 Å². The molecule has 0 heterocycles. The van der Waals surface area contributed by atoms with E-state index in [1.165, 1.54) is 19.2 Å². The second kappa shape index (κ2) is 5.29. The molecule has 0 radical (unpaired) electrons. The first-order valence-electron chi connectivity index (χ1n) is 4.55. The molecular formula is C10H12F2N2O2. The van der Waals surface area contributed by atoms with Crippen LogP contribution in [0.1, 0.15) is 10.4 Å². The predicted molar refractivity (Wildman–Crippen MR) is 56.7 cm³/mol. The number of rotatable bonds is 4. The van der Waals surface area contributed by atoms with Crippen LogP contribution in [0.4, 0.5) is 20.2 Å². The molecule has 88 valence electrons. The average Bonchev–Trinajstić information content (AvgIpc) is 2.25. The van der Waals surface area contributed by atoms with E-state index in [2.05, 4.69) is 10.1 Å². The summed E-state index contributed by atoms with van der Waals surface area (Å²) in [7, 11) is 1.21. The lowest BCUT2D eigenvalue weighted by atomic mass is 10.1. The number of alkyl halides is 2. The normalized spacial score (nSPS) is 10.2. The number of carbonyl (C=O) groups excluding carboxylic acids is 1. The monoisotopic (exact) mass is 230 g/mol. The third-order valence-corrected chi connectivity index (χ3v) is 1.94. The maximum absolute atomic E-state index is 12.0. The van der Waals surface area contributed by atoms with Gasteiger partial charge in [-0.05, 0) is 12.1 Å². The molecule has 1 rings (SSSR count). The van der Waals surface area contributed by atoms with Crippen molar-refractivity contribution in [1.82, 2.24) is 0 Å². The average molecular weight is 230 g/mol. The zero-order valence-electron chi connectivity index (χ0n) is 8.67. The van der Waals surface area contributed by atoms with Crippen LogP contribution in [0.25, 0.3) is 0 Å². The van der Waals surface area contributed by atoms with Crippen molar-refractivity contribution in [2.75, 3.05) is 24.7 Å². The summed E-state index contributed by atoms with van der Waals surface area (Å²) in [6, 6.07) is 4.52. The molecule has 0 aromatic heterocycles. The van der Waals surface area contributed by atoms with E-state index in [4.69, 9.17) is 5.73 Å². The number of benzene rings is 1. The lowest BCUT2D eigenvalue weighted by molar-refractivity contribution is 0.0601. The second-order valence-corrected chi connectivity index (χ2v) is 3.03. The van der Waals surface area contributed by atoms with Crippen molar-refractivity contribution in [2.45, 2.75) is 6.43 Å². The van der Waals surface area contributed by atoms with Gasteiger partial charge < -0.3 is 15.8 Å². The first kappa shape index (κ1) is 12.2. The van der Waals surface area contributed by atoms with Gasteiger partial charge in [-0.1, -0.05) is 6.07 Å². The molecule has 0 fully saturated rings. The smallest absolute Gasteiger partial charge is 0.340 e. The fourth-order valence-corrected chi connectivity index (χ4v) is 1.23. The summed E-state index contributed by atoms with van der Waals surface area (Å²) in [6.45, 7) is -0.571. The highest BCUT2D eigenvalue weighted by molar-refractivity contribution is 5.98. The third kappa shape index (κ3) is 2.82. The Morgan fingerprint density at radius 1 is 1.56 bits per heavy atom. The number of halogens is 2. The Labute approximate surface area is 91.4 Å². The molecule has 0 aliphatic heterocycles. The Balaban J connectivity index is 2.99. The Morgan fingerprint density at radius 3 is 2.81 bits per heavy atom. The number of methoxy groups -OCH3 is 1. The molecule has 6 heteroatoms. The van der Waals surface area contributed by atoms with Crippen molar-refractivity contribution in [3.8, 4) is 0 Å². The zero-order chi connectivity index (χ0) is 12.1. The maximum atomic E-state index is 12.0. The Hall–Kier alpha value is -1.85. The van der Waals surface area contributed by atoms with E-state index < -0.39 is 18.9 Å². The minimum Gasteiger partial charge on any atom is -0.465 e. The number of carbonyl (C=O) groups is 1. The summed E-state index contributed by atoms with van der Waals surface area (Å²) in [5, 5.41) is 2.42. The number of ether oxygens (including phenoxy) is 1. The Bertz CT molecular complexity index is 383. The van der Waals surface area contributed by atoms with Gasteiger partial charge in [0.1, 0.15) is 0 Å². The van der Waals surface area contributed by atoms with E-state index in [-0.39, 0.29) is 16.9 Å². The van der Waals surface area contributed by atoms with Gasteiger partial charge in [-0.15, -0.1) is 0 Å².